The number of unbranched alkanes of at least 4 members (excludes halogenated alkanes) is 48. The summed E-state index contributed by atoms with van der Waals surface area (Å²) in [6.07, 6.45) is 121. The maximum Gasteiger partial charge on any atom is 0.472 e. The van der Waals surface area contributed by atoms with E-state index >= 15 is 0 Å². The first kappa shape index (κ1) is 97.4. The predicted octanol–water partition coefficient (Wildman–Crippen LogP) is 29.3. The summed E-state index contributed by atoms with van der Waals surface area (Å²) >= 11 is 0. The topological polar surface area (TPSA) is 134 Å². The zero-order chi connectivity index (χ0) is 72.9. The number of carbonyl (C=O) groups excluding carboxylic acids is 2. The lowest BCUT2D eigenvalue weighted by molar-refractivity contribution is -0.161. The van der Waals surface area contributed by atoms with E-state index in [2.05, 4.69) is 135 Å². The molecule has 584 valence electrons. The van der Waals surface area contributed by atoms with Gasteiger partial charge in [0, 0.05) is 19.4 Å². The van der Waals surface area contributed by atoms with Crippen LogP contribution in [0.2, 0.25) is 0 Å². The number of esters is 2. The van der Waals surface area contributed by atoms with E-state index in [0.29, 0.717) is 6.42 Å². The average molecular weight is 1430 g/mol. The van der Waals surface area contributed by atoms with Crippen molar-refractivity contribution in [3.8, 4) is 0 Å². The summed E-state index contributed by atoms with van der Waals surface area (Å²) in [5.41, 5.74) is 5.42. The van der Waals surface area contributed by atoms with E-state index < -0.39 is 26.5 Å². The van der Waals surface area contributed by atoms with Crippen LogP contribution in [0, 0.1) is 0 Å². The van der Waals surface area contributed by atoms with Crippen molar-refractivity contribution >= 4 is 19.8 Å². The number of carbonyl (C=O) groups is 2. The Hall–Kier alpha value is -3.59. The summed E-state index contributed by atoms with van der Waals surface area (Å²) in [6.45, 7) is 3.68. The van der Waals surface area contributed by atoms with Gasteiger partial charge in [0.2, 0.25) is 0 Å². The largest absolute Gasteiger partial charge is 0.472 e. The van der Waals surface area contributed by atoms with Crippen LogP contribution in [-0.2, 0) is 32.7 Å². The number of rotatable bonds is 81. The van der Waals surface area contributed by atoms with Crippen LogP contribution >= 0.6 is 7.82 Å². The number of phosphoric ester groups is 1. The van der Waals surface area contributed by atoms with Crippen molar-refractivity contribution in [2.75, 3.05) is 26.4 Å². The van der Waals surface area contributed by atoms with Gasteiger partial charge in [0.25, 0.3) is 0 Å². The van der Waals surface area contributed by atoms with Gasteiger partial charge >= 0.3 is 19.8 Å². The van der Waals surface area contributed by atoms with Crippen molar-refractivity contribution in [1.82, 2.24) is 0 Å². The molecule has 0 spiro atoms. The standard InChI is InChI=1S/C91H162NO8P/c1-3-5-7-9-11-13-15-17-19-21-23-25-27-29-31-33-35-37-39-41-43-44-46-48-50-52-54-56-58-60-62-64-66-68-70-72-74-76-78-80-82-84-91(94)100-89(88-99-101(95,96)98-86-85-92)87-97-90(93)83-81-79-77-75-73-71-69-67-65-63-61-59-57-55-53-51-49-47-45-42-40-38-36-34-32-30-28-26-24-22-20-18-16-14-12-10-8-6-4-2/h5,7,11,13,17,19,23,25,29,31,35,37,41,43,46,48,52,54,58,60,89H,3-4,6,8-10,12,14-16,18,20-22,24,26-28,30,32-34,36,38-40,42,44-45,47,49-51,53,55-57,59,61-88,92H2,1-2H3,(H,95,96)/b7-5-,13-11-,19-17-,25-23-,31-29-,37-35-,43-41-,48-46-,54-52-,60-58-. The fourth-order valence-electron chi connectivity index (χ4n) is 12.6. The molecule has 0 saturated heterocycles. The third-order valence-corrected chi connectivity index (χ3v) is 19.8. The van der Waals surface area contributed by atoms with Crippen LogP contribution in [0.5, 0.6) is 0 Å². The first-order valence-corrected chi connectivity index (χ1v) is 44.5. The summed E-state index contributed by atoms with van der Waals surface area (Å²) in [6, 6.07) is 0. The van der Waals surface area contributed by atoms with E-state index in [0.717, 1.165) is 109 Å². The molecule has 0 bridgehead atoms. The summed E-state index contributed by atoms with van der Waals surface area (Å²) in [5.74, 6) is -0.821. The van der Waals surface area contributed by atoms with E-state index in [-0.39, 0.29) is 38.6 Å². The van der Waals surface area contributed by atoms with Crippen LogP contribution in [0.3, 0.4) is 0 Å². The number of ether oxygens (including phenoxy) is 2. The average Bonchev–Trinajstić information content (AvgIpc) is 1.04. The van der Waals surface area contributed by atoms with Gasteiger partial charge in [-0.15, -0.1) is 0 Å². The van der Waals surface area contributed by atoms with E-state index in [1.807, 2.05) is 0 Å². The van der Waals surface area contributed by atoms with E-state index in [1.165, 1.54) is 270 Å². The molecule has 0 amide bonds. The van der Waals surface area contributed by atoms with Crippen LogP contribution in [0.15, 0.2) is 122 Å². The quantitative estimate of drug-likeness (QED) is 0.0264. The zero-order valence-corrected chi connectivity index (χ0v) is 67.0. The van der Waals surface area contributed by atoms with E-state index in [9.17, 15) is 19.0 Å². The molecule has 0 aromatic rings. The first-order chi connectivity index (χ1) is 49.8. The number of hydrogen-bond acceptors (Lipinski definition) is 8. The molecule has 0 radical (unpaired) electrons. The van der Waals surface area contributed by atoms with Crippen LogP contribution in [0.1, 0.15) is 412 Å². The van der Waals surface area contributed by atoms with E-state index in [1.54, 1.807) is 0 Å². The van der Waals surface area contributed by atoms with Crippen LogP contribution in [-0.4, -0.2) is 49.3 Å². The molecule has 0 aliphatic carbocycles. The molecule has 0 aliphatic heterocycles. The summed E-state index contributed by atoms with van der Waals surface area (Å²) < 4.78 is 33.3. The Balaban J connectivity index is 3.81. The highest BCUT2D eigenvalue weighted by atomic mass is 31.2. The van der Waals surface area contributed by atoms with Crippen LogP contribution in [0.25, 0.3) is 0 Å². The van der Waals surface area contributed by atoms with Gasteiger partial charge in [0.15, 0.2) is 6.10 Å². The molecule has 9 nitrogen and oxygen atoms in total. The van der Waals surface area contributed by atoms with Gasteiger partial charge in [-0.25, -0.2) is 4.57 Å². The second-order valence-corrected chi connectivity index (χ2v) is 30.1. The monoisotopic (exact) mass is 1430 g/mol. The number of allylic oxidation sites excluding steroid dienone is 20. The molecule has 101 heavy (non-hydrogen) atoms. The third-order valence-electron chi connectivity index (χ3n) is 18.9. The van der Waals surface area contributed by atoms with Crippen molar-refractivity contribution in [2.24, 2.45) is 5.73 Å². The smallest absolute Gasteiger partial charge is 0.462 e. The normalized spacial score (nSPS) is 13.4. The Morgan fingerprint density at radius 2 is 0.545 bits per heavy atom. The fourth-order valence-corrected chi connectivity index (χ4v) is 13.3. The highest BCUT2D eigenvalue weighted by Crippen LogP contribution is 2.43. The lowest BCUT2D eigenvalue weighted by atomic mass is 10.0. The predicted molar refractivity (Wildman–Crippen MR) is 441 cm³/mol. The molecule has 10 heteroatoms. The molecule has 0 heterocycles. The minimum atomic E-state index is -4.41. The van der Waals surface area contributed by atoms with Gasteiger partial charge in [0.1, 0.15) is 6.61 Å². The van der Waals surface area contributed by atoms with Crippen molar-refractivity contribution in [2.45, 2.75) is 418 Å². The molecule has 0 rings (SSSR count). The van der Waals surface area contributed by atoms with Gasteiger partial charge in [0.05, 0.1) is 13.2 Å². The maximum absolute atomic E-state index is 12.8. The second kappa shape index (κ2) is 85.3. The SMILES string of the molecule is CC/C=C\C/C=C\C/C=C\C/C=C\C/C=C\C/C=C\C/C=C\C/C=C\C/C=C\C/C=C\CCCCCCCCCCCCC(=O)OC(COC(=O)CCCCCCCCCCCCCCCCCCCCCCCCCCCCCCCCCCCCCCCCC)COP(=O)(O)OCCN. The summed E-state index contributed by atoms with van der Waals surface area (Å²) in [7, 11) is -4.41. The Labute approximate surface area is 625 Å². The maximum atomic E-state index is 12.8. The number of phosphoric acid groups is 1. The number of nitrogens with two attached hydrogens (primary N) is 1. The van der Waals surface area contributed by atoms with Crippen molar-refractivity contribution in [1.29, 1.82) is 0 Å². The second-order valence-electron chi connectivity index (χ2n) is 28.7. The molecule has 0 aliphatic rings. The van der Waals surface area contributed by atoms with Crippen LogP contribution < -0.4 is 5.73 Å². The first-order valence-electron chi connectivity index (χ1n) is 43.0. The Morgan fingerprint density at radius 3 is 0.812 bits per heavy atom. The molecule has 0 aromatic heterocycles. The highest BCUT2D eigenvalue weighted by molar-refractivity contribution is 7.47. The molecule has 2 unspecified atom stereocenters. The van der Waals surface area contributed by atoms with Gasteiger partial charge in [-0.1, -0.05) is 431 Å². The molecule has 3 N–H and O–H groups in total. The van der Waals surface area contributed by atoms with E-state index in [4.69, 9.17) is 24.3 Å². The number of hydrogen-bond donors (Lipinski definition) is 2. The summed E-state index contributed by atoms with van der Waals surface area (Å²) in [4.78, 5) is 35.5. The minimum absolute atomic E-state index is 0.0498. The van der Waals surface area contributed by atoms with Gasteiger partial charge < -0.3 is 20.1 Å². The Kier molecular flexibility index (Phi) is 82.3. The van der Waals surface area contributed by atoms with Gasteiger partial charge in [-0.3, -0.25) is 18.6 Å². The van der Waals surface area contributed by atoms with Gasteiger partial charge in [-0.05, 0) is 89.9 Å². The highest BCUT2D eigenvalue weighted by Gasteiger charge is 2.26. The van der Waals surface area contributed by atoms with Crippen molar-refractivity contribution < 1.29 is 37.6 Å². The van der Waals surface area contributed by atoms with Crippen LogP contribution in [0.4, 0.5) is 0 Å². The lowest BCUT2D eigenvalue weighted by Crippen LogP contribution is -2.29. The third kappa shape index (κ3) is 85.2. The molecule has 2 atom stereocenters. The fraction of sp³-hybridized carbons (Fsp3) is 0.758. The Bertz CT molecular complexity index is 2080. The van der Waals surface area contributed by atoms with Crippen molar-refractivity contribution in [3.05, 3.63) is 122 Å². The molecule has 0 fully saturated rings. The molecular weight excluding hydrogens is 1270 g/mol. The minimum Gasteiger partial charge on any atom is -0.462 e. The molecule has 0 saturated carbocycles. The lowest BCUT2D eigenvalue weighted by Gasteiger charge is -2.19. The zero-order valence-electron chi connectivity index (χ0n) is 66.1. The molecular formula is C91H162NO8P. The van der Waals surface area contributed by atoms with Gasteiger partial charge in [-0.2, -0.15) is 0 Å². The molecule has 0 aromatic carbocycles. The van der Waals surface area contributed by atoms with Crippen molar-refractivity contribution in [3.63, 3.8) is 0 Å². The Morgan fingerprint density at radius 1 is 0.307 bits per heavy atom. The summed E-state index contributed by atoms with van der Waals surface area (Å²) in [5, 5.41) is 0.